The van der Waals surface area contributed by atoms with E-state index in [0.717, 1.165) is 44.8 Å². The smallest absolute Gasteiger partial charge is 0.164 e. The first kappa shape index (κ1) is 28.5. The van der Waals surface area contributed by atoms with Crippen LogP contribution in [0.4, 0.5) is 0 Å². The van der Waals surface area contributed by atoms with Crippen LogP contribution >= 0.6 is 11.3 Å². The summed E-state index contributed by atoms with van der Waals surface area (Å²) >= 11 is 1.84. The Morgan fingerprint density at radius 2 is 0.900 bits per heavy atom. The highest BCUT2D eigenvalue weighted by molar-refractivity contribution is 7.27. The first-order valence-corrected chi connectivity index (χ1v) is 17.4. The van der Waals surface area contributed by atoms with Crippen molar-refractivity contribution in [1.29, 1.82) is 0 Å². The van der Waals surface area contributed by atoms with Gasteiger partial charge in [-0.15, -0.1) is 11.3 Å². The number of fused-ring (bicyclic) bond motifs is 7. The fraction of sp³-hybridized carbons (Fsp3) is 0. The van der Waals surface area contributed by atoms with Gasteiger partial charge in [-0.25, -0.2) is 19.9 Å². The highest BCUT2D eigenvalue weighted by Gasteiger charge is 2.22. The summed E-state index contributed by atoms with van der Waals surface area (Å²) in [6, 6.07) is 56.5. The summed E-state index contributed by atoms with van der Waals surface area (Å²) in [6.07, 6.45) is 0. The van der Waals surface area contributed by atoms with Gasteiger partial charge in [0.15, 0.2) is 17.5 Å². The topological polar surface area (TPSA) is 56.5 Å². The normalized spacial score (nSPS) is 11.6. The monoisotopic (exact) mass is 657 g/mol. The van der Waals surface area contributed by atoms with Gasteiger partial charge in [0.05, 0.1) is 11.2 Å². The zero-order valence-corrected chi connectivity index (χ0v) is 27.5. The predicted molar refractivity (Wildman–Crippen MR) is 207 cm³/mol. The van der Waals surface area contributed by atoms with E-state index in [2.05, 4.69) is 108 Å². The molecule has 0 N–H and O–H groups in total. The first-order valence-electron chi connectivity index (χ1n) is 16.6. The molecule has 4 aromatic heterocycles. The number of thiophene rings is 1. The van der Waals surface area contributed by atoms with Crippen LogP contribution < -0.4 is 0 Å². The Kier molecular flexibility index (Phi) is 6.60. The Morgan fingerprint density at radius 3 is 1.54 bits per heavy atom. The quantitative estimate of drug-likeness (QED) is 0.185. The van der Waals surface area contributed by atoms with E-state index in [1.165, 1.54) is 30.9 Å². The third-order valence-electron chi connectivity index (χ3n) is 9.26. The van der Waals surface area contributed by atoms with E-state index in [1.54, 1.807) is 0 Å². The van der Waals surface area contributed by atoms with Crippen molar-refractivity contribution in [1.82, 2.24) is 24.5 Å². The lowest BCUT2D eigenvalue weighted by molar-refractivity contribution is 1.07. The molecule has 0 amide bonds. The molecule has 0 spiro atoms. The molecular formula is C44H27N5S. The Labute approximate surface area is 291 Å². The molecule has 4 heterocycles. The maximum absolute atomic E-state index is 5.55. The van der Waals surface area contributed by atoms with E-state index in [0.29, 0.717) is 17.5 Å². The molecule has 0 saturated heterocycles. The zero-order valence-electron chi connectivity index (χ0n) is 26.7. The van der Waals surface area contributed by atoms with E-state index < -0.39 is 0 Å². The largest absolute Gasteiger partial charge is 0.294 e. The molecule has 10 aromatic rings. The molecule has 50 heavy (non-hydrogen) atoms. The molecule has 0 saturated carbocycles. The van der Waals surface area contributed by atoms with Crippen LogP contribution in [0.2, 0.25) is 0 Å². The third kappa shape index (κ3) is 4.61. The fourth-order valence-corrected chi connectivity index (χ4v) is 8.20. The Hall–Kier alpha value is -6.50. The van der Waals surface area contributed by atoms with Gasteiger partial charge in [0.1, 0.15) is 5.65 Å². The van der Waals surface area contributed by atoms with Crippen LogP contribution in [0.5, 0.6) is 0 Å². The molecule has 234 valence electrons. The van der Waals surface area contributed by atoms with Crippen LogP contribution in [0.15, 0.2) is 164 Å². The number of aromatic nitrogens is 5. The van der Waals surface area contributed by atoms with E-state index in [4.69, 9.17) is 19.9 Å². The third-order valence-corrected chi connectivity index (χ3v) is 10.4. The number of hydrogen-bond acceptors (Lipinski definition) is 5. The number of rotatable bonds is 5. The van der Waals surface area contributed by atoms with Crippen LogP contribution in [0.3, 0.4) is 0 Å². The van der Waals surface area contributed by atoms with Gasteiger partial charge in [-0.05, 0) is 24.3 Å². The molecule has 0 unspecified atom stereocenters. The number of nitrogens with zero attached hydrogens (tertiary/aromatic N) is 5. The molecule has 0 bridgehead atoms. The van der Waals surface area contributed by atoms with Gasteiger partial charge >= 0.3 is 0 Å². The lowest BCUT2D eigenvalue weighted by Crippen LogP contribution is -2.00. The molecule has 0 aliphatic rings. The second-order valence-corrected chi connectivity index (χ2v) is 13.3. The highest BCUT2D eigenvalue weighted by atomic mass is 32.1. The lowest BCUT2D eigenvalue weighted by atomic mass is 10.0. The summed E-state index contributed by atoms with van der Waals surface area (Å²) in [5.41, 5.74) is 7.99. The molecule has 10 rings (SSSR count). The van der Waals surface area contributed by atoms with Gasteiger partial charge in [0.2, 0.25) is 0 Å². The number of hydrogen-bond donors (Lipinski definition) is 0. The molecule has 0 aliphatic carbocycles. The van der Waals surface area contributed by atoms with Crippen LogP contribution in [-0.4, -0.2) is 24.5 Å². The van der Waals surface area contributed by atoms with Gasteiger partial charge in [-0.3, -0.25) is 4.57 Å². The van der Waals surface area contributed by atoms with Gasteiger partial charge in [-0.2, -0.15) is 0 Å². The first-order chi connectivity index (χ1) is 24.8. The zero-order chi connectivity index (χ0) is 33.0. The predicted octanol–water partition coefficient (Wildman–Crippen LogP) is 11.4. The summed E-state index contributed by atoms with van der Waals surface area (Å²) in [5.74, 6) is 1.92. The van der Waals surface area contributed by atoms with Crippen molar-refractivity contribution >= 4 is 53.4 Å². The van der Waals surface area contributed by atoms with E-state index in [1.807, 2.05) is 72.0 Å². The summed E-state index contributed by atoms with van der Waals surface area (Å²) in [5, 5.41) is 4.79. The van der Waals surface area contributed by atoms with Crippen molar-refractivity contribution in [2.75, 3.05) is 0 Å². The summed E-state index contributed by atoms with van der Waals surface area (Å²) in [4.78, 5) is 20.3. The Morgan fingerprint density at radius 1 is 0.400 bits per heavy atom. The van der Waals surface area contributed by atoms with Gasteiger partial charge in [-0.1, -0.05) is 140 Å². The Balaban J connectivity index is 1.20. The van der Waals surface area contributed by atoms with Gasteiger partial charge < -0.3 is 0 Å². The van der Waals surface area contributed by atoms with Crippen molar-refractivity contribution in [3.8, 4) is 51.1 Å². The minimum absolute atomic E-state index is 0.628. The summed E-state index contributed by atoms with van der Waals surface area (Å²) in [7, 11) is 0. The van der Waals surface area contributed by atoms with E-state index >= 15 is 0 Å². The van der Waals surface area contributed by atoms with E-state index in [-0.39, 0.29) is 0 Å². The highest BCUT2D eigenvalue weighted by Crippen LogP contribution is 2.46. The average Bonchev–Trinajstić information content (AvgIpc) is 3.75. The van der Waals surface area contributed by atoms with Gasteiger partial charge in [0, 0.05) is 58.9 Å². The molecular weight excluding hydrogens is 631 g/mol. The van der Waals surface area contributed by atoms with Crippen LogP contribution in [0.1, 0.15) is 0 Å². The maximum Gasteiger partial charge on any atom is 0.164 e. The molecule has 6 aromatic carbocycles. The fourth-order valence-electron chi connectivity index (χ4n) is 6.94. The number of benzene rings is 6. The molecule has 5 nitrogen and oxygen atoms in total. The summed E-state index contributed by atoms with van der Waals surface area (Å²) < 4.78 is 4.80. The maximum atomic E-state index is 5.55. The van der Waals surface area contributed by atoms with Crippen LogP contribution in [0, 0.1) is 0 Å². The summed E-state index contributed by atoms with van der Waals surface area (Å²) in [6.45, 7) is 0. The second-order valence-electron chi connectivity index (χ2n) is 12.3. The van der Waals surface area contributed by atoms with Crippen molar-refractivity contribution < 1.29 is 0 Å². The van der Waals surface area contributed by atoms with E-state index in [9.17, 15) is 0 Å². The minimum atomic E-state index is 0.628. The second kappa shape index (κ2) is 11.6. The minimum Gasteiger partial charge on any atom is -0.294 e. The molecule has 6 heteroatoms. The van der Waals surface area contributed by atoms with Crippen LogP contribution in [0.25, 0.3) is 93.2 Å². The molecule has 0 aliphatic heterocycles. The van der Waals surface area contributed by atoms with Crippen molar-refractivity contribution in [3.05, 3.63) is 164 Å². The molecule has 0 radical (unpaired) electrons. The SMILES string of the molecule is c1ccc(-c2nc(-c3ccccc3)nc(-c3ccc(-c4nc5c(c6ccccc6n5-c5ccccc5)c5sc6ccccc6c45)cc3)n2)cc1. The van der Waals surface area contributed by atoms with Crippen molar-refractivity contribution in [2.45, 2.75) is 0 Å². The van der Waals surface area contributed by atoms with Gasteiger partial charge in [0.25, 0.3) is 0 Å². The number of para-hydroxylation sites is 2. The Bertz CT molecular complexity index is 2780. The lowest BCUT2D eigenvalue weighted by Gasteiger charge is -2.11. The van der Waals surface area contributed by atoms with Crippen molar-refractivity contribution in [3.63, 3.8) is 0 Å². The standard InChI is InChI=1S/C44H27N5S/c1-4-14-29(15-5-1)41-46-42(30-16-6-2-7-17-30)48-43(47-41)31-26-24-28(25-27-31)39-37-34-21-11-13-23-36(34)50-40(37)38-33-20-10-12-22-35(33)49(44(38)45-39)32-18-8-3-9-19-32/h1-27H. The van der Waals surface area contributed by atoms with Crippen molar-refractivity contribution in [2.24, 2.45) is 0 Å². The average molecular weight is 658 g/mol. The number of pyridine rings is 1. The van der Waals surface area contributed by atoms with Crippen LogP contribution in [-0.2, 0) is 0 Å². The molecule has 0 atom stereocenters. The molecule has 0 fully saturated rings.